The Bertz CT molecular complexity index is 592. The molecule has 3 N–H and O–H groups in total. The number of halogens is 2. The molecule has 0 spiro atoms. The highest BCUT2D eigenvalue weighted by molar-refractivity contribution is 5.32. The van der Waals surface area contributed by atoms with Crippen molar-refractivity contribution >= 4 is 0 Å². The van der Waals surface area contributed by atoms with Crippen LogP contribution in [0, 0.1) is 11.6 Å². The molecule has 0 saturated carbocycles. The molecule has 1 atom stereocenters. The van der Waals surface area contributed by atoms with Gasteiger partial charge >= 0.3 is 0 Å². The van der Waals surface area contributed by atoms with E-state index >= 15 is 0 Å². The van der Waals surface area contributed by atoms with Crippen molar-refractivity contribution in [3.63, 3.8) is 0 Å². The van der Waals surface area contributed by atoms with E-state index in [1.165, 1.54) is 25.4 Å². The molecule has 4 nitrogen and oxygen atoms in total. The largest absolute Gasteiger partial charge is 0.494 e. The van der Waals surface area contributed by atoms with E-state index in [0.29, 0.717) is 11.1 Å². The van der Waals surface area contributed by atoms with Gasteiger partial charge in [0.15, 0.2) is 11.6 Å². The summed E-state index contributed by atoms with van der Waals surface area (Å²) in [6, 6.07) is 5.73. The van der Waals surface area contributed by atoms with Crippen LogP contribution in [0.3, 0.4) is 0 Å². The number of hydrazine groups is 1. The number of benzene rings is 1. The molecule has 1 heterocycles. The third-order valence-corrected chi connectivity index (χ3v) is 3.02. The second-order valence-electron chi connectivity index (χ2n) is 4.29. The van der Waals surface area contributed by atoms with Gasteiger partial charge in [-0.05, 0) is 29.7 Å². The Morgan fingerprint density at radius 3 is 2.80 bits per heavy atom. The maximum Gasteiger partial charge on any atom is 0.168 e. The molecule has 0 radical (unpaired) electrons. The van der Waals surface area contributed by atoms with Crippen LogP contribution in [-0.2, 0) is 6.42 Å². The van der Waals surface area contributed by atoms with E-state index in [2.05, 4.69) is 10.4 Å². The summed E-state index contributed by atoms with van der Waals surface area (Å²) in [5.41, 5.74) is 3.52. The molecule has 1 aromatic carbocycles. The van der Waals surface area contributed by atoms with Crippen LogP contribution in [0.4, 0.5) is 8.78 Å². The average Bonchev–Trinajstić information content (AvgIpc) is 2.46. The monoisotopic (exact) mass is 279 g/mol. The molecule has 0 aliphatic heterocycles. The van der Waals surface area contributed by atoms with Crippen molar-refractivity contribution in [1.82, 2.24) is 10.4 Å². The lowest BCUT2D eigenvalue weighted by Crippen LogP contribution is -2.30. The van der Waals surface area contributed by atoms with Gasteiger partial charge in [0.05, 0.1) is 19.3 Å². The second-order valence-corrected chi connectivity index (χ2v) is 4.29. The molecule has 6 heteroatoms. The van der Waals surface area contributed by atoms with Crippen molar-refractivity contribution < 1.29 is 13.5 Å². The molecule has 0 saturated heterocycles. The van der Waals surface area contributed by atoms with Crippen molar-refractivity contribution in [1.29, 1.82) is 0 Å². The van der Waals surface area contributed by atoms with Crippen molar-refractivity contribution in [2.45, 2.75) is 12.5 Å². The Balaban J connectivity index is 2.27. The van der Waals surface area contributed by atoms with E-state index in [1.54, 1.807) is 12.1 Å². The molecule has 0 aliphatic carbocycles. The van der Waals surface area contributed by atoms with Crippen molar-refractivity contribution in [3.05, 3.63) is 59.4 Å². The smallest absolute Gasteiger partial charge is 0.168 e. The molecular formula is C14H15F2N3O. The van der Waals surface area contributed by atoms with Crippen LogP contribution < -0.4 is 16.0 Å². The molecule has 1 aromatic heterocycles. The van der Waals surface area contributed by atoms with Crippen LogP contribution in [0.2, 0.25) is 0 Å². The quantitative estimate of drug-likeness (QED) is 0.650. The lowest BCUT2D eigenvalue weighted by molar-refractivity contribution is 0.382. The zero-order valence-corrected chi connectivity index (χ0v) is 10.9. The maximum atomic E-state index is 14.1. The topological polar surface area (TPSA) is 60.2 Å². The number of hydrogen-bond acceptors (Lipinski definition) is 4. The zero-order valence-electron chi connectivity index (χ0n) is 10.9. The van der Waals surface area contributed by atoms with Gasteiger partial charge in [0.1, 0.15) is 5.82 Å². The maximum absolute atomic E-state index is 14.1. The van der Waals surface area contributed by atoms with Crippen molar-refractivity contribution in [3.8, 4) is 5.75 Å². The number of aromatic nitrogens is 1. The molecule has 106 valence electrons. The normalized spacial score (nSPS) is 12.2. The van der Waals surface area contributed by atoms with Gasteiger partial charge in [0, 0.05) is 6.20 Å². The first-order valence-corrected chi connectivity index (χ1v) is 6.03. The van der Waals surface area contributed by atoms with Crippen molar-refractivity contribution in [2.75, 3.05) is 7.11 Å². The number of methoxy groups -OCH3 is 1. The minimum absolute atomic E-state index is 0.163. The highest BCUT2D eigenvalue weighted by atomic mass is 19.1. The van der Waals surface area contributed by atoms with E-state index in [0.717, 1.165) is 6.20 Å². The molecule has 2 aromatic rings. The lowest BCUT2D eigenvalue weighted by atomic mass is 10.00. The Labute approximate surface area is 115 Å². The van der Waals surface area contributed by atoms with Gasteiger partial charge in [-0.25, -0.2) is 8.78 Å². The van der Waals surface area contributed by atoms with Crippen LogP contribution in [0.25, 0.3) is 0 Å². The Morgan fingerprint density at radius 1 is 1.35 bits per heavy atom. The van der Waals surface area contributed by atoms with Gasteiger partial charge in [-0.3, -0.25) is 16.3 Å². The summed E-state index contributed by atoms with van der Waals surface area (Å²) in [6.07, 6.45) is 2.85. The molecule has 0 fully saturated rings. The number of rotatable bonds is 5. The summed E-state index contributed by atoms with van der Waals surface area (Å²) in [5.74, 6) is 4.72. The van der Waals surface area contributed by atoms with Gasteiger partial charge in [-0.1, -0.05) is 12.1 Å². The molecule has 2 rings (SSSR count). The lowest BCUT2D eigenvalue weighted by Gasteiger charge is -2.17. The van der Waals surface area contributed by atoms with E-state index in [9.17, 15) is 8.78 Å². The van der Waals surface area contributed by atoms with Crippen LogP contribution in [0.1, 0.15) is 17.2 Å². The summed E-state index contributed by atoms with van der Waals surface area (Å²) < 4.78 is 32.2. The molecular weight excluding hydrogens is 264 g/mol. The van der Waals surface area contributed by atoms with Crippen LogP contribution in [0.15, 0.2) is 36.7 Å². The van der Waals surface area contributed by atoms with Gasteiger partial charge in [-0.15, -0.1) is 0 Å². The van der Waals surface area contributed by atoms with Gasteiger partial charge in [0.25, 0.3) is 0 Å². The molecule has 20 heavy (non-hydrogen) atoms. The number of ether oxygens (including phenoxy) is 1. The van der Waals surface area contributed by atoms with Gasteiger partial charge < -0.3 is 4.74 Å². The van der Waals surface area contributed by atoms with E-state index in [4.69, 9.17) is 10.6 Å². The summed E-state index contributed by atoms with van der Waals surface area (Å²) in [6.45, 7) is 0. The summed E-state index contributed by atoms with van der Waals surface area (Å²) in [5, 5.41) is 0. The minimum Gasteiger partial charge on any atom is -0.494 e. The number of hydrogen-bond donors (Lipinski definition) is 2. The summed E-state index contributed by atoms with van der Waals surface area (Å²) in [4.78, 5) is 3.76. The fourth-order valence-corrected chi connectivity index (χ4v) is 1.98. The van der Waals surface area contributed by atoms with Crippen molar-refractivity contribution in [2.24, 2.45) is 5.84 Å². The third-order valence-electron chi connectivity index (χ3n) is 3.02. The minimum atomic E-state index is -0.464. The number of nitrogens with two attached hydrogens (primary N) is 1. The van der Waals surface area contributed by atoms with Gasteiger partial charge in [-0.2, -0.15) is 0 Å². The van der Waals surface area contributed by atoms with Gasteiger partial charge in [0.2, 0.25) is 0 Å². The summed E-state index contributed by atoms with van der Waals surface area (Å²) in [7, 11) is 1.40. The molecule has 0 aliphatic rings. The second kappa shape index (κ2) is 6.40. The van der Waals surface area contributed by atoms with Crippen LogP contribution in [0.5, 0.6) is 5.75 Å². The molecule has 1 unspecified atom stereocenters. The number of pyridine rings is 1. The third kappa shape index (κ3) is 3.09. The average molecular weight is 279 g/mol. The van der Waals surface area contributed by atoms with Crippen LogP contribution >= 0.6 is 0 Å². The first-order valence-electron chi connectivity index (χ1n) is 6.03. The summed E-state index contributed by atoms with van der Waals surface area (Å²) >= 11 is 0. The number of nitrogens with one attached hydrogen (secondary N) is 1. The first kappa shape index (κ1) is 14.4. The molecule has 0 bridgehead atoms. The number of nitrogens with zero attached hydrogens (tertiary/aromatic N) is 1. The fraction of sp³-hybridized carbons (Fsp3) is 0.214. The predicted molar refractivity (Wildman–Crippen MR) is 70.9 cm³/mol. The highest BCUT2D eigenvalue weighted by Gasteiger charge is 2.16. The predicted octanol–water partition coefficient (Wildman–Crippen LogP) is 2.12. The SMILES string of the molecule is COc1cccc(CC(NN)c2cncc(F)c2)c1F. The Kier molecular flexibility index (Phi) is 4.60. The van der Waals surface area contributed by atoms with E-state index in [1.807, 2.05) is 0 Å². The highest BCUT2D eigenvalue weighted by Crippen LogP contribution is 2.24. The van der Waals surface area contributed by atoms with E-state index < -0.39 is 17.7 Å². The first-order chi connectivity index (χ1) is 9.65. The van der Waals surface area contributed by atoms with Crippen LogP contribution in [-0.4, -0.2) is 12.1 Å². The zero-order chi connectivity index (χ0) is 14.5. The van der Waals surface area contributed by atoms with E-state index in [-0.39, 0.29) is 12.2 Å². The molecule has 0 amide bonds. The Hall–Kier alpha value is -2.05. The fourth-order valence-electron chi connectivity index (χ4n) is 1.98. The standard InChI is InChI=1S/C14H15F2N3O/c1-20-13-4-2-3-9(14(13)16)6-12(19-17)10-5-11(15)8-18-7-10/h2-5,7-8,12,19H,6,17H2,1H3. The Morgan fingerprint density at radius 2 is 2.15 bits per heavy atom.